The molecule has 172 valence electrons. The van der Waals surface area contributed by atoms with Crippen LogP contribution in [0.4, 0.5) is 5.82 Å². The Balaban J connectivity index is 1.23. The van der Waals surface area contributed by atoms with Gasteiger partial charge in [0.25, 0.3) is 0 Å². The lowest BCUT2D eigenvalue weighted by atomic mass is 10.2. The summed E-state index contributed by atoms with van der Waals surface area (Å²) in [6.45, 7) is 1.16. The fourth-order valence-electron chi connectivity index (χ4n) is 4.35. The molecule has 0 unspecified atom stereocenters. The summed E-state index contributed by atoms with van der Waals surface area (Å²) in [5, 5.41) is 9.24. The van der Waals surface area contributed by atoms with Gasteiger partial charge in [-0.15, -0.1) is 0 Å². The van der Waals surface area contributed by atoms with Gasteiger partial charge in [-0.3, -0.25) is 4.68 Å². The molecule has 0 aliphatic heterocycles. The molecule has 1 aliphatic rings. The van der Waals surface area contributed by atoms with Crippen molar-refractivity contribution in [3.63, 3.8) is 0 Å². The van der Waals surface area contributed by atoms with Gasteiger partial charge in [-0.05, 0) is 48.6 Å². The van der Waals surface area contributed by atoms with Crippen molar-refractivity contribution in [2.75, 3.05) is 19.5 Å². The molecule has 34 heavy (non-hydrogen) atoms. The van der Waals surface area contributed by atoms with E-state index >= 15 is 0 Å². The number of imidazole rings is 1. The van der Waals surface area contributed by atoms with Crippen molar-refractivity contribution >= 4 is 22.4 Å². The zero-order valence-electron chi connectivity index (χ0n) is 19.2. The van der Waals surface area contributed by atoms with Crippen LogP contribution in [0, 0.1) is 0 Å². The van der Waals surface area contributed by atoms with Gasteiger partial charge >= 0.3 is 0 Å². The minimum Gasteiger partial charge on any atom is -0.497 e. The number of nitrogens with one attached hydrogen (secondary N) is 1. The number of ether oxygens (including phenoxy) is 2. The number of hydrogen-bond donors (Lipinski definition) is 1. The average Bonchev–Trinajstić information content (AvgIpc) is 3.51. The van der Waals surface area contributed by atoms with E-state index in [9.17, 15) is 0 Å². The Hall–Kier alpha value is -4.07. The highest BCUT2D eigenvalue weighted by molar-refractivity contribution is 5.87. The highest BCUT2D eigenvalue weighted by Gasteiger charge is 2.23. The van der Waals surface area contributed by atoms with Crippen LogP contribution in [0.5, 0.6) is 11.5 Å². The summed E-state index contributed by atoms with van der Waals surface area (Å²) >= 11 is 0. The van der Waals surface area contributed by atoms with Crippen LogP contribution in [0.1, 0.15) is 35.6 Å². The second-order valence-corrected chi connectivity index (χ2v) is 8.69. The molecule has 1 saturated carbocycles. The highest BCUT2D eigenvalue weighted by Crippen LogP contribution is 2.39. The molecule has 1 N–H and O–H groups in total. The summed E-state index contributed by atoms with van der Waals surface area (Å²) in [5.41, 5.74) is 5.18. The third-order valence-corrected chi connectivity index (χ3v) is 6.31. The Morgan fingerprint density at radius 3 is 2.76 bits per heavy atom. The number of rotatable bonds is 8. The Kier molecular flexibility index (Phi) is 5.05. The maximum absolute atomic E-state index is 5.51. The van der Waals surface area contributed by atoms with Gasteiger partial charge in [0.05, 0.1) is 26.5 Å². The number of nitrogens with zero attached hydrogens (tertiary/aromatic N) is 5. The van der Waals surface area contributed by atoms with Gasteiger partial charge in [-0.25, -0.2) is 9.97 Å². The number of hydrogen-bond acceptors (Lipinski definition) is 6. The molecule has 4 heterocycles. The van der Waals surface area contributed by atoms with Crippen LogP contribution in [-0.4, -0.2) is 38.4 Å². The van der Waals surface area contributed by atoms with Crippen LogP contribution in [0.3, 0.4) is 0 Å². The van der Waals surface area contributed by atoms with Crippen LogP contribution in [-0.2, 0) is 13.1 Å². The Bertz CT molecular complexity index is 1480. The van der Waals surface area contributed by atoms with Gasteiger partial charge in [0.1, 0.15) is 22.7 Å². The lowest BCUT2D eigenvalue weighted by Gasteiger charge is -2.11. The first-order valence-corrected chi connectivity index (χ1v) is 11.4. The number of benzene rings is 1. The molecular weight excluding hydrogens is 428 g/mol. The Labute approximate surface area is 197 Å². The zero-order chi connectivity index (χ0) is 23.1. The monoisotopic (exact) mass is 454 g/mol. The summed E-state index contributed by atoms with van der Waals surface area (Å²) in [7, 11) is 3.30. The number of anilines is 1. The van der Waals surface area contributed by atoms with Gasteiger partial charge in [0, 0.05) is 48.3 Å². The van der Waals surface area contributed by atoms with Crippen molar-refractivity contribution in [3.8, 4) is 11.5 Å². The molecule has 1 fully saturated rings. The summed E-state index contributed by atoms with van der Waals surface area (Å²) in [4.78, 5) is 9.30. The highest BCUT2D eigenvalue weighted by atomic mass is 16.5. The molecule has 4 aromatic heterocycles. The molecule has 8 heteroatoms. The topological polar surface area (TPSA) is 78.5 Å². The van der Waals surface area contributed by atoms with Gasteiger partial charge in [0.15, 0.2) is 5.82 Å². The minimum atomic E-state index is 0.557. The van der Waals surface area contributed by atoms with Crippen LogP contribution >= 0.6 is 0 Å². The minimum absolute atomic E-state index is 0.557. The van der Waals surface area contributed by atoms with Gasteiger partial charge in [-0.1, -0.05) is 6.07 Å². The molecule has 0 amide bonds. The SMILES string of the molecule is COc1ccc(CNc2nccc3cn(Cc4cn5cc(C6CC6)ccc5n4)nc23)c(OC)c1. The largest absolute Gasteiger partial charge is 0.497 e. The lowest BCUT2D eigenvalue weighted by molar-refractivity contribution is 0.391. The fourth-order valence-corrected chi connectivity index (χ4v) is 4.35. The summed E-state index contributed by atoms with van der Waals surface area (Å²) in [6, 6.07) is 12.1. The molecule has 0 bridgehead atoms. The predicted molar refractivity (Wildman–Crippen MR) is 131 cm³/mol. The summed E-state index contributed by atoms with van der Waals surface area (Å²) in [5.74, 6) is 2.98. The van der Waals surface area contributed by atoms with E-state index in [-0.39, 0.29) is 0 Å². The summed E-state index contributed by atoms with van der Waals surface area (Å²) in [6.07, 6.45) is 10.7. The second kappa shape index (κ2) is 8.37. The average molecular weight is 455 g/mol. The van der Waals surface area contributed by atoms with Crippen molar-refractivity contribution in [2.24, 2.45) is 0 Å². The van der Waals surface area contributed by atoms with Crippen LogP contribution < -0.4 is 14.8 Å². The molecule has 8 nitrogen and oxygen atoms in total. The van der Waals surface area contributed by atoms with Crippen molar-refractivity contribution < 1.29 is 9.47 Å². The van der Waals surface area contributed by atoms with Crippen molar-refractivity contribution in [1.29, 1.82) is 0 Å². The van der Waals surface area contributed by atoms with E-state index in [0.717, 1.165) is 51.0 Å². The smallest absolute Gasteiger partial charge is 0.154 e. The van der Waals surface area contributed by atoms with Crippen molar-refractivity contribution in [3.05, 3.63) is 78.0 Å². The molecule has 0 spiro atoms. The van der Waals surface area contributed by atoms with Crippen molar-refractivity contribution in [1.82, 2.24) is 24.1 Å². The van der Waals surface area contributed by atoms with E-state index in [1.807, 2.05) is 35.1 Å². The molecule has 0 radical (unpaired) electrons. The molecular formula is C26H26N6O2. The standard InChI is InChI=1S/C26H26N6O2/c1-33-22-7-5-18(23(11-22)34-2)12-28-26-25-20(9-10-27-26)14-32(30-25)16-21-15-31-13-19(17-3-4-17)6-8-24(31)29-21/h5-11,13-15,17H,3-4,12,16H2,1-2H3,(H,27,28). The molecule has 1 aliphatic carbocycles. The Morgan fingerprint density at radius 1 is 1.03 bits per heavy atom. The maximum atomic E-state index is 5.51. The van der Waals surface area contributed by atoms with E-state index in [2.05, 4.69) is 39.2 Å². The maximum Gasteiger partial charge on any atom is 0.154 e. The number of pyridine rings is 2. The molecule has 1 aromatic carbocycles. The first-order valence-electron chi connectivity index (χ1n) is 11.4. The van der Waals surface area contributed by atoms with E-state index < -0.39 is 0 Å². The quantitative estimate of drug-likeness (QED) is 0.368. The van der Waals surface area contributed by atoms with Crippen LogP contribution in [0.2, 0.25) is 0 Å². The van der Waals surface area contributed by atoms with E-state index in [4.69, 9.17) is 19.6 Å². The van der Waals surface area contributed by atoms with Gasteiger partial charge in [-0.2, -0.15) is 5.10 Å². The van der Waals surface area contributed by atoms with E-state index in [1.54, 1.807) is 20.4 Å². The summed E-state index contributed by atoms with van der Waals surface area (Å²) < 4.78 is 14.9. The fraction of sp³-hybridized carbons (Fsp3) is 0.269. The number of fused-ring (bicyclic) bond motifs is 2. The third kappa shape index (κ3) is 3.91. The van der Waals surface area contributed by atoms with Gasteiger partial charge in [0.2, 0.25) is 0 Å². The zero-order valence-corrected chi connectivity index (χ0v) is 19.2. The second-order valence-electron chi connectivity index (χ2n) is 8.69. The third-order valence-electron chi connectivity index (χ3n) is 6.31. The normalized spacial score (nSPS) is 13.5. The van der Waals surface area contributed by atoms with Crippen molar-refractivity contribution in [2.45, 2.75) is 31.8 Å². The van der Waals surface area contributed by atoms with Gasteiger partial charge < -0.3 is 19.2 Å². The molecule has 0 saturated heterocycles. The predicted octanol–water partition coefficient (Wildman–Crippen LogP) is 4.63. The van der Waals surface area contributed by atoms with Crippen LogP contribution in [0.25, 0.3) is 16.6 Å². The van der Waals surface area contributed by atoms with E-state index in [0.29, 0.717) is 13.1 Å². The molecule has 0 atom stereocenters. The molecule has 5 aromatic rings. The molecule has 6 rings (SSSR count). The van der Waals surface area contributed by atoms with Crippen LogP contribution in [0.15, 0.2) is 61.2 Å². The Morgan fingerprint density at radius 2 is 1.94 bits per heavy atom. The first kappa shape index (κ1) is 20.5. The lowest BCUT2D eigenvalue weighted by Crippen LogP contribution is -2.04. The number of aromatic nitrogens is 5. The van der Waals surface area contributed by atoms with E-state index in [1.165, 1.54) is 18.4 Å². The number of methoxy groups -OCH3 is 2. The first-order chi connectivity index (χ1) is 16.7.